The molecule has 0 aliphatic carbocycles. The Morgan fingerprint density at radius 1 is 1.68 bits per heavy atom. The number of methoxy groups -OCH3 is 1. The molecule has 1 N–H and O–H groups in total. The minimum Gasteiger partial charge on any atom is -0.382 e. The Morgan fingerprint density at radius 3 is 3.00 bits per heavy atom. The molecule has 1 fully saturated rings. The molecule has 1 aromatic rings. The molecule has 0 aromatic carbocycles. The van der Waals surface area contributed by atoms with E-state index >= 15 is 0 Å². The molecule has 0 saturated carbocycles. The molecule has 1 saturated heterocycles. The Hall–Kier alpha value is -1.40. The number of aryl methyl sites for hydroxylation is 1. The van der Waals surface area contributed by atoms with Gasteiger partial charge in [-0.3, -0.25) is 9.89 Å². The Kier molecular flexibility index (Phi) is 3.91. The lowest BCUT2D eigenvalue weighted by molar-refractivity contribution is -0.143. The largest absolute Gasteiger partial charge is 0.382 e. The number of nitrogens with zero attached hydrogens (tertiary/aromatic N) is 2. The van der Waals surface area contributed by atoms with Crippen LogP contribution in [0, 0.1) is 6.92 Å². The first-order valence-electron chi connectivity index (χ1n) is 6.39. The highest BCUT2D eigenvalue weighted by molar-refractivity contribution is 5.95. The summed E-state index contributed by atoms with van der Waals surface area (Å²) in [5.74, 6) is -0.0104. The lowest BCUT2D eigenvalue weighted by Crippen LogP contribution is -2.55. The van der Waals surface area contributed by atoms with Crippen molar-refractivity contribution in [1.82, 2.24) is 15.1 Å². The van der Waals surface area contributed by atoms with E-state index in [2.05, 4.69) is 10.2 Å². The summed E-state index contributed by atoms with van der Waals surface area (Å²) in [6, 6.07) is 0. The number of carbonyl (C=O) groups is 1. The van der Waals surface area contributed by atoms with Gasteiger partial charge in [0.1, 0.15) is 0 Å². The fourth-order valence-electron chi connectivity index (χ4n) is 2.46. The van der Waals surface area contributed by atoms with Crippen LogP contribution < -0.4 is 0 Å². The number of hydrogen-bond acceptors (Lipinski definition) is 4. The van der Waals surface area contributed by atoms with Gasteiger partial charge in [-0.1, -0.05) is 0 Å². The smallest absolute Gasteiger partial charge is 0.257 e. The predicted octanol–water partition coefficient (Wildman–Crippen LogP) is 0.984. The third-order valence-electron chi connectivity index (χ3n) is 3.18. The van der Waals surface area contributed by atoms with Crippen molar-refractivity contribution in [2.75, 3.05) is 26.8 Å². The molecule has 0 unspecified atom stereocenters. The topological polar surface area (TPSA) is 67.5 Å². The first-order chi connectivity index (χ1) is 8.93. The summed E-state index contributed by atoms with van der Waals surface area (Å²) in [5.41, 5.74) is 1.04. The van der Waals surface area contributed by atoms with Gasteiger partial charge in [0.25, 0.3) is 5.91 Å². The SMILES string of the molecule is COC[C@H]1CN(C(=O)c2cn[nH]c2C)CC(C)(C)O1. The molecule has 0 bridgehead atoms. The number of ether oxygens (including phenoxy) is 2. The number of morpholine rings is 1. The van der Waals surface area contributed by atoms with E-state index in [9.17, 15) is 4.79 Å². The molecule has 1 aromatic heterocycles. The number of carbonyl (C=O) groups excluding carboxylic acids is 1. The van der Waals surface area contributed by atoms with Crippen molar-refractivity contribution in [2.45, 2.75) is 32.5 Å². The van der Waals surface area contributed by atoms with Gasteiger partial charge in [0, 0.05) is 25.9 Å². The van der Waals surface area contributed by atoms with Crippen LogP contribution in [0.15, 0.2) is 6.20 Å². The van der Waals surface area contributed by atoms with E-state index in [-0.39, 0.29) is 17.6 Å². The van der Waals surface area contributed by atoms with Crippen molar-refractivity contribution in [3.63, 3.8) is 0 Å². The molecule has 106 valence electrons. The van der Waals surface area contributed by atoms with Gasteiger partial charge in [0.2, 0.25) is 0 Å². The molecule has 1 atom stereocenters. The highest BCUT2D eigenvalue weighted by Gasteiger charge is 2.36. The quantitative estimate of drug-likeness (QED) is 0.886. The maximum atomic E-state index is 12.5. The average Bonchev–Trinajstić information content (AvgIpc) is 2.73. The second kappa shape index (κ2) is 5.30. The Morgan fingerprint density at radius 2 is 2.42 bits per heavy atom. The summed E-state index contributed by atoms with van der Waals surface area (Å²) in [6.45, 7) is 7.40. The second-order valence-electron chi connectivity index (χ2n) is 5.55. The average molecular weight is 267 g/mol. The molecule has 6 heteroatoms. The van der Waals surface area contributed by atoms with Crippen LogP contribution in [0.4, 0.5) is 0 Å². The van der Waals surface area contributed by atoms with Gasteiger partial charge in [-0.2, -0.15) is 5.10 Å². The maximum Gasteiger partial charge on any atom is 0.257 e. The molecule has 1 amide bonds. The van der Waals surface area contributed by atoms with Crippen LogP contribution in [0.1, 0.15) is 29.9 Å². The minimum absolute atomic E-state index is 0.0104. The summed E-state index contributed by atoms with van der Waals surface area (Å²) in [4.78, 5) is 14.3. The van der Waals surface area contributed by atoms with Crippen molar-refractivity contribution in [2.24, 2.45) is 0 Å². The van der Waals surface area contributed by atoms with Crippen molar-refractivity contribution in [3.05, 3.63) is 17.5 Å². The van der Waals surface area contributed by atoms with Gasteiger partial charge >= 0.3 is 0 Å². The van der Waals surface area contributed by atoms with Crippen LogP contribution in [0.2, 0.25) is 0 Å². The summed E-state index contributed by atoms with van der Waals surface area (Å²) in [7, 11) is 1.64. The van der Waals surface area contributed by atoms with Crippen LogP contribution in [0.25, 0.3) is 0 Å². The van der Waals surface area contributed by atoms with E-state index in [4.69, 9.17) is 9.47 Å². The lowest BCUT2D eigenvalue weighted by atomic mass is 10.0. The number of nitrogens with one attached hydrogen (secondary N) is 1. The number of aromatic amines is 1. The van der Waals surface area contributed by atoms with Crippen LogP contribution >= 0.6 is 0 Å². The number of amides is 1. The van der Waals surface area contributed by atoms with Gasteiger partial charge in [0.05, 0.1) is 30.1 Å². The van der Waals surface area contributed by atoms with Crippen LogP contribution in [0.5, 0.6) is 0 Å². The molecule has 1 aliphatic heterocycles. The zero-order valence-electron chi connectivity index (χ0n) is 11.9. The molecule has 19 heavy (non-hydrogen) atoms. The van der Waals surface area contributed by atoms with E-state index < -0.39 is 0 Å². The van der Waals surface area contributed by atoms with Gasteiger partial charge in [-0.05, 0) is 20.8 Å². The number of aromatic nitrogens is 2. The van der Waals surface area contributed by atoms with E-state index in [1.807, 2.05) is 25.7 Å². The summed E-state index contributed by atoms with van der Waals surface area (Å²) >= 11 is 0. The minimum atomic E-state index is -0.366. The third-order valence-corrected chi connectivity index (χ3v) is 3.18. The monoisotopic (exact) mass is 267 g/mol. The fourth-order valence-corrected chi connectivity index (χ4v) is 2.46. The number of rotatable bonds is 3. The summed E-state index contributed by atoms with van der Waals surface area (Å²) in [6.07, 6.45) is 1.48. The normalized spacial score (nSPS) is 22.5. The van der Waals surface area contributed by atoms with Gasteiger partial charge in [0.15, 0.2) is 0 Å². The van der Waals surface area contributed by atoms with Crippen molar-refractivity contribution in [1.29, 1.82) is 0 Å². The molecular formula is C13H21N3O3. The highest BCUT2D eigenvalue weighted by Crippen LogP contribution is 2.23. The standard InChI is InChI=1S/C13H21N3O3/c1-9-11(5-14-15-9)12(17)16-6-10(7-18-4)19-13(2,3)8-16/h5,10H,6-8H2,1-4H3,(H,14,15)/t10-/m1/s1. The van der Waals surface area contributed by atoms with Crippen molar-refractivity contribution < 1.29 is 14.3 Å². The Labute approximate surface area is 113 Å². The fraction of sp³-hybridized carbons (Fsp3) is 0.692. The molecule has 6 nitrogen and oxygen atoms in total. The first-order valence-corrected chi connectivity index (χ1v) is 6.39. The summed E-state index contributed by atoms with van der Waals surface area (Å²) < 4.78 is 11.0. The maximum absolute atomic E-state index is 12.5. The molecule has 1 aliphatic rings. The molecule has 2 heterocycles. The predicted molar refractivity (Wildman–Crippen MR) is 70.1 cm³/mol. The van der Waals surface area contributed by atoms with Crippen LogP contribution in [0.3, 0.4) is 0 Å². The number of H-pyrrole nitrogens is 1. The van der Waals surface area contributed by atoms with Crippen molar-refractivity contribution >= 4 is 5.91 Å². The van der Waals surface area contributed by atoms with Crippen LogP contribution in [-0.2, 0) is 9.47 Å². The van der Waals surface area contributed by atoms with Gasteiger partial charge in [-0.15, -0.1) is 0 Å². The molecular weight excluding hydrogens is 246 g/mol. The van der Waals surface area contributed by atoms with Gasteiger partial charge in [-0.25, -0.2) is 0 Å². The molecule has 0 spiro atoms. The van der Waals surface area contributed by atoms with E-state index in [1.54, 1.807) is 13.3 Å². The lowest BCUT2D eigenvalue weighted by Gasteiger charge is -2.42. The highest BCUT2D eigenvalue weighted by atomic mass is 16.5. The third kappa shape index (κ3) is 3.13. The van der Waals surface area contributed by atoms with Crippen molar-refractivity contribution in [3.8, 4) is 0 Å². The first kappa shape index (κ1) is 14.0. The van der Waals surface area contributed by atoms with E-state index in [1.165, 1.54) is 0 Å². The zero-order valence-corrected chi connectivity index (χ0v) is 11.9. The Balaban J connectivity index is 2.15. The summed E-state index contributed by atoms with van der Waals surface area (Å²) in [5, 5.41) is 6.69. The molecule has 0 radical (unpaired) electrons. The Bertz CT molecular complexity index is 456. The van der Waals surface area contributed by atoms with E-state index in [0.29, 0.717) is 25.3 Å². The zero-order chi connectivity index (χ0) is 14.0. The van der Waals surface area contributed by atoms with E-state index in [0.717, 1.165) is 5.69 Å². The molecule has 2 rings (SSSR count). The van der Waals surface area contributed by atoms with Gasteiger partial charge < -0.3 is 14.4 Å². The number of hydrogen-bond donors (Lipinski definition) is 1. The second-order valence-corrected chi connectivity index (χ2v) is 5.55. The van der Waals surface area contributed by atoms with Crippen LogP contribution in [-0.4, -0.2) is 59.5 Å².